The number of halogens is 1. The molecule has 0 aromatic carbocycles. The number of hydrogen-bond acceptors (Lipinski definition) is 3. The average Bonchev–Trinajstić information content (AvgIpc) is 2.23. The topological polar surface area (TPSA) is 87.8 Å². The summed E-state index contributed by atoms with van der Waals surface area (Å²) in [4.78, 5) is 6.53. The van der Waals surface area contributed by atoms with Crippen molar-refractivity contribution in [1.82, 2.24) is 10.2 Å². The minimum Gasteiger partial charge on any atom is -0.356 e. The van der Waals surface area contributed by atoms with Crippen LogP contribution >= 0.6 is 24.0 Å². The Balaban J connectivity index is 0.00000361. The molecule has 1 aliphatic rings. The summed E-state index contributed by atoms with van der Waals surface area (Å²) >= 11 is 0. The minimum atomic E-state index is -3.45. The van der Waals surface area contributed by atoms with E-state index >= 15 is 0 Å². The van der Waals surface area contributed by atoms with Crippen LogP contribution in [0.15, 0.2) is 4.99 Å². The SMILES string of the molecule is CCNC(=NCCS(N)(=O)=O)N1CC(C)(C)C1(C)C.I. The van der Waals surface area contributed by atoms with E-state index in [0.717, 1.165) is 19.0 Å². The maximum Gasteiger partial charge on any atom is 0.210 e. The van der Waals surface area contributed by atoms with Crippen LogP contribution in [0.4, 0.5) is 0 Å². The third kappa shape index (κ3) is 4.45. The van der Waals surface area contributed by atoms with Crippen molar-refractivity contribution < 1.29 is 8.42 Å². The molecule has 0 spiro atoms. The quantitative estimate of drug-likeness (QED) is 0.405. The van der Waals surface area contributed by atoms with Crippen LogP contribution in [0.5, 0.6) is 0 Å². The van der Waals surface area contributed by atoms with Gasteiger partial charge in [-0.1, -0.05) is 13.8 Å². The molecule has 0 radical (unpaired) electrons. The van der Waals surface area contributed by atoms with Crippen LogP contribution in [-0.4, -0.2) is 50.2 Å². The van der Waals surface area contributed by atoms with Gasteiger partial charge in [-0.15, -0.1) is 24.0 Å². The Bertz CT molecular complexity index is 460. The Kier molecular flexibility index (Phi) is 6.75. The molecular formula is C12H27IN4O2S. The molecule has 1 saturated heterocycles. The third-order valence-electron chi connectivity index (χ3n) is 4.11. The highest BCUT2D eigenvalue weighted by Crippen LogP contribution is 2.46. The first-order valence-electron chi connectivity index (χ1n) is 6.58. The zero-order chi connectivity index (χ0) is 14.9. The molecule has 1 rings (SSSR count). The van der Waals surface area contributed by atoms with E-state index in [0.29, 0.717) is 0 Å². The number of nitrogens with zero attached hydrogens (tertiary/aromatic N) is 2. The molecular weight excluding hydrogens is 391 g/mol. The lowest BCUT2D eigenvalue weighted by Gasteiger charge is -2.62. The fourth-order valence-electron chi connectivity index (χ4n) is 2.07. The van der Waals surface area contributed by atoms with E-state index in [1.54, 1.807) is 0 Å². The number of nitrogens with one attached hydrogen (secondary N) is 1. The van der Waals surface area contributed by atoms with Crippen molar-refractivity contribution in [3.05, 3.63) is 0 Å². The summed E-state index contributed by atoms with van der Waals surface area (Å²) in [6.07, 6.45) is 0. The zero-order valence-electron chi connectivity index (χ0n) is 12.9. The molecule has 0 saturated carbocycles. The lowest BCUT2D eigenvalue weighted by molar-refractivity contribution is -0.0667. The van der Waals surface area contributed by atoms with Crippen LogP contribution in [0, 0.1) is 5.41 Å². The predicted molar refractivity (Wildman–Crippen MR) is 93.9 cm³/mol. The van der Waals surface area contributed by atoms with Gasteiger partial charge in [0.05, 0.1) is 12.3 Å². The van der Waals surface area contributed by atoms with Gasteiger partial charge in [-0.2, -0.15) is 0 Å². The van der Waals surface area contributed by atoms with Crippen LogP contribution in [0.1, 0.15) is 34.6 Å². The van der Waals surface area contributed by atoms with Gasteiger partial charge in [-0.25, -0.2) is 13.6 Å². The van der Waals surface area contributed by atoms with Gasteiger partial charge in [0.2, 0.25) is 10.0 Å². The van der Waals surface area contributed by atoms with Crippen molar-refractivity contribution in [3.8, 4) is 0 Å². The summed E-state index contributed by atoms with van der Waals surface area (Å²) in [7, 11) is -3.45. The Morgan fingerprint density at radius 3 is 2.25 bits per heavy atom. The first-order chi connectivity index (χ1) is 8.51. The minimum absolute atomic E-state index is 0. The number of primary sulfonamides is 1. The molecule has 0 aliphatic carbocycles. The summed E-state index contributed by atoms with van der Waals surface area (Å²) in [6, 6.07) is 0. The second kappa shape index (κ2) is 6.78. The van der Waals surface area contributed by atoms with Crippen molar-refractivity contribution >= 4 is 40.0 Å². The Labute approximate surface area is 139 Å². The van der Waals surface area contributed by atoms with Gasteiger partial charge in [-0.05, 0) is 20.8 Å². The Morgan fingerprint density at radius 1 is 1.35 bits per heavy atom. The largest absolute Gasteiger partial charge is 0.356 e. The smallest absolute Gasteiger partial charge is 0.210 e. The van der Waals surface area contributed by atoms with Crippen molar-refractivity contribution in [2.24, 2.45) is 15.5 Å². The summed E-state index contributed by atoms with van der Waals surface area (Å²) in [5.74, 6) is 0.634. The van der Waals surface area contributed by atoms with Gasteiger partial charge in [0.1, 0.15) is 0 Å². The standard InChI is InChI=1S/C12H26N4O2S.HI/c1-6-14-10(15-7-8-19(13,17)18)16-9-11(2,3)12(16,4)5;/h6-9H2,1-5H3,(H,14,15)(H2,13,17,18);1H. The summed E-state index contributed by atoms with van der Waals surface area (Å²) in [5.41, 5.74) is 0.207. The Hall–Kier alpha value is -0.0900. The molecule has 0 atom stereocenters. The molecule has 8 heteroatoms. The lowest BCUT2D eigenvalue weighted by Crippen LogP contribution is -2.72. The van der Waals surface area contributed by atoms with E-state index in [4.69, 9.17) is 5.14 Å². The second-order valence-electron chi connectivity index (χ2n) is 6.13. The van der Waals surface area contributed by atoms with E-state index in [-0.39, 0.29) is 47.2 Å². The molecule has 0 aromatic rings. The molecule has 6 nitrogen and oxygen atoms in total. The van der Waals surface area contributed by atoms with E-state index in [9.17, 15) is 8.42 Å². The van der Waals surface area contributed by atoms with Crippen LogP contribution < -0.4 is 10.5 Å². The van der Waals surface area contributed by atoms with E-state index in [2.05, 4.69) is 42.9 Å². The fraction of sp³-hybridized carbons (Fsp3) is 0.917. The molecule has 0 bridgehead atoms. The van der Waals surface area contributed by atoms with Crippen LogP contribution in [0.25, 0.3) is 0 Å². The third-order valence-corrected chi connectivity index (χ3v) is 4.86. The summed E-state index contributed by atoms with van der Waals surface area (Å²) in [6.45, 7) is 12.6. The normalized spacial score (nSPS) is 20.9. The number of hydrogen-bond donors (Lipinski definition) is 2. The van der Waals surface area contributed by atoms with Crippen LogP contribution in [-0.2, 0) is 10.0 Å². The second-order valence-corrected chi connectivity index (χ2v) is 7.87. The maximum absolute atomic E-state index is 10.9. The number of sulfonamides is 1. The molecule has 3 N–H and O–H groups in total. The molecule has 0 unspecified atom stereocenters. The zero-order valence-corrected chi connectivity index (χ0v) is 16.1. The lowest BCUT2D eigenvalue weighted by atomic mass is 9.65. The van der Waals surface area contributed by atoms with Crippen molar-refractivity contribution in [2.45, 2.75) is 40.2 Å². The van der Waals surface area contributed by atoms with Gasteiger partial charge in [0, 0.05) is 24.0 Å². The number of guanidine groups is 1. The molecule has 1 aliphatic heterocycles. The highest BCUT2D eigenvalue weighted by atomic mass is 127. The average molecular weight is 418 g/mol. The summed E-state index contributed by atoms with van der Waals surface area (Å²) < 4.78 is 21.9. The van der Waals surface area contributed by atoms with Gasteiger partial charge >= 0.3 is 0 Å². The molecule has 0 amide bonds. The monoisotopic (exact) mass is 418 g/mol. The van der Waals surface area contributed by atoms with Crippen molar-refractivity contribution in [2.75, 3.05) is 25.4 Å². The first-order valence-corrected chi connectivity index (χ1v) is 8.29. The molecule has 20 heavy (non-hydrogen) atoms. The molecule has 1 fully saturated rings. The molecule has 0 aromatic heterocycles. The van der Waals surface area contributed by atoms with Gasteiger partial charge in [-0.3, -0.25) is 4.99 Å². The van der Waals surface area contributed by atoms with E-state index < -0.39 is 10.0 Å². The number of likely N-dealkylation sites (tertiary alicyclic amines) is 1. The number of aliphatic imine (C=N–C) groups is 1. The fourth-order valence-corrected chi connectivity index (χ4v) is 2.42. The number of rotatable bonds is 4. The molecule has 120 valence electrons. The predicted octanol–water partition coefficient (Wildman–Crippen LogP) is 0.979. The first kappa shape index (κ1) is 19.9. The van der Waals surface area contributed by atoms with Gasteiger partial charge in [0.25, 0.3) is 0 Å². The summed E-state index contributed by atoms with van der Waals surface area (Å²) in [5, 5.41) is 8.19. The number of nitrogens with two attached hydrogens (primary N) is 1. The highest BCUT2D eigenvalue weighted by Gasteiger charge is 2.53. The molecule has 1 heterocycles. The van der Waals surface area contributed by atoms with E-state index in [1.165, 1.54) is 0 Å². The maximum atomic E-state index is 10.9. The Morgan fingerprint density at radius 2 is 1.90 bits per heavy atom. The van der Waals surface area contributed by atoms with Crippen molar-refractivity contribution in [1.29, 1.82) is 0 Å². The van der Waals surface area contributed by atoms with Gasteiger partial charge < -0.3 is 10.2 Å². The van der Waals surface area contributed by atoms with E-state index in [1.807, 2.05) is 6.92 Å². The van der Waals surface area contributed by atoms with Gasteiger partial charge in [0.15, 0.2) is 5.96 Å². The van der Waals surface area contributed by atoms with Crippen molar-refractivity contribution in [3.63, 3.8) is 0 Å². The van der Waals surface area contributed by atoms with Crippen LogP contribution in [0.2, 0.25) is 0 Å². The highest BCUT2D eigenvalue weighted by molar-refractivity contribution is 14.0. The van der Waals surface area contributed by atoms with Crippen LogP contribution in [0.3, 0.4) is 0 Å².